The number of carbonyl (C=O) groups excluding carboxylic acids is 1. The third kappa shape index (κ3) is 3.75. The highest BCUT2D eigenvalue weighted by atomic mass is 35.5. The second-order valence-corrected chi connectivity index (χ2v) is 5.37. The first-order valence-corrected chi connectivity index (χ1v) is 7.55. The van der Waals surface area contributed by atoms with Crippen molar-refractivity contribution >= 4 is 17.6 Å². The Bertz CT molecular complexity index is 842. The molecule has 2 aromatic carbocycles. The van der Waals surface area contributed by atoms with E-state index >= 15 is 0 Å². The van der Waals surface area contributed by atoms with Gasteiger partial charge in [-0.25, -0.2) is 9.78 Å². The van der Waals surface area contributed by atoms with Crippen LogP contribution in [0.25, 0.3) is 11.3 Å². The average molecular weight is 344 g/mol. The Balaban J connectivity index is 1.64. The second kappa shape index (κ2) is 7.19. The topological polar surface area (TPSA) is 61.6 Å². The van der Waals surface area contributed by atoms with Gasteiger partial charge in [-0.15, -0.1) is 0 Å². The quantitative estimate of drug-likeness (QED) is 0.644. The molecule has 0 amide bonds. The Morgan fingerprint density at radius 1 is 1.21 bits per heavy atom. The Morgan fingerprint density at radius 3 is 2.71 bits per heavy atom. The van der Waals surface area contributed by atoms with Gasteiger partial charge >= 0.3 is 5.97 Å². The zero-order chi connectivity index (χ0) is 16.9. The normalized spacial score (nSPS) is 10.4. The van der Waals surface area contributed by atoms with Crippen LogP contribution in [0, 0.1) is 0 Å². The lowest BCUT2D eigenvalue weighted by Gasteiger charge is -2.04. The maximum absolute atomic E-state index is 11.4. The van der Waals surface area contributed by atoms with E-state index in [2.05, 4.69) is 9.72 Å². The predicted octanol–water partition coefficient (Wildman–Crippen LogP) is 4.36. The number of methoxy groups -OCH3 is 1. The molecule has 0 saturated carbocycles. The Kier molecular flexibility index (Phi) is 4.82. The number of carbonyl (C=O) groups is 1. The van der Waals surface area contributed by atoms with Gasteiger partial charge < -0.3 is 13.9 Å². The summed E-state index contributed by atoms with van der Waals surface area (Å²) in [5.41, 5.74) is 1.31. The van der Waals surface area contributed by atoms with E-state index in [0.29, 0.717) is 28.0 Å². The molecule has 0 unspecified atom stereocenters. The number of hydrogen-bond donors (Lipinski definition) is 0. The molecule has 3 rings (SSSR count). The number of ether oxygens (including phenoxy) is 2. The Hall–Kier alpha value is -2.79. The molecular formula is C18H14ClNO4. The lowest BCUT2D eigenvalue weighted by atomic mass is 10.2. The number of rotatable bonds is 5. The van der Waals surface area contributed by atoms with Crippen LogP contribution in [0.5, 0.6) is 5.75 Å². The monoisotopic (exact) mass is 343 g/mol. The van der Waals surface area contributed by atoms with E-state index in [1.807, 2.05) is 12.1 Å². The minimum absolute atomic E-state index is 0.179. The van der Waals surface area contributed by atoms with Crippen LogP contribution in [0.1, 0.15) is 16.2 Å². The van der Waals surface area contributed by atoms with Crippen LogP contribution in [0.2, 0.25) is 5.02 Å². The highest BCUT2D eigenvalue weighted by Crippen LogP contribution is 2.24. The van der Waals surface area contributed by atoms with Gasteiger partial charge in [0.05, 0.1) is 18.9 Å². The number of aromatic nitrogens is 1. The molecule has 0 aliphatic rings. The van der Waals surface area contributed by atoms with Crippen LogP contribution < -0.4 is 4.74 Å². The van der Waals surface area contributed by atoms with Crippen molar-refractivity contribution in [2.45, 2.75) is 6.61 Å². The summed E-state index contributed by atoms with van der Waals surface area (Å²) in [6, 6.07) is 14.0. The van der Waals surface area contributed by atoms with Gasteiger partial charge in [0.25, 0.3) is 0 Å². The minimum atomic E-state index is -0.389. The van der Waals surface area contributed by atoms with Crippen molar-refractivity contribution in [2.24, 2.45) is 0 Å². The van der Waals surface area contributed by atoms with Gasteiger partial charge in [0.15, 0.2) is 12.4 Å². The van der Waals surface area contributed by atoms with Gasteiger partial charge in [0, 0.05) is 10.6 Å². The zero-order valence-corrected chi connectivity index (χ0v) is 13.6. The standard InChI is InChI=1S/C18H14ClNO4/c1-22-18(21)12-5-7-15(8-6-12)23-11-17-20-10-16(24-17)13-3-2-4-14(19)9-13/h2-10H,11H2,1H3. The number of nitrogens with zero attached hydrogens (tertiary/aromatic N) is 1. The number of hydrogen-bond acceptors (Lipinski definition) is 5. The lowest BCUT2D eigenvalue weighted by molar-refractivity contribution is 0.0600. The van der Waals surface area contributed by atoms with Crippen LogP contribution in [-0.2, 0) is 11.3 Å². The molecule has 122 valence electrons. The molecule has 1 aromatic heterocycles. The Labute approximate surface area is 143 Å². The van der Waals surface area contributed by atoms with Gasteiger partial charge in [-0.05, 0) is 36.4 Å². The molecule has 0 atom stereocenters. The molecule has 0 spiro atoms. The minimum Gasteiger partial charge on any atom is -0.484 e. The molecule has 5 nitrogen and oxygen atoms in total. The van der Waals surface area contributed by atoms with E-state index in [0.717, 1.165) is 5.56 Å². The summed E-state index contributed by atoms with van der Waals surface area (Å²) >= 11 is 5.97. The summed E-state index contributed by atoms with van der Waals surface area (Å²) in [6.45, 7) is 0.179. The molecule has 0 N–H and O–H groups in total. The lowest BCUT2D eigenvalue weighted by Crippen LogP contribution is -2.01. The summed E-state index contributed by atoms with van der Waals surface area (Å²) in [7, 11) is 1.34. The van der Waals surface area contributed by atoms with E-state index in [1.165, 1.54) is 7.11 Å². The van der Waals surface area contributed by atoms with Crippen LogP contribution in [0.4, 0.5) is 0 Å². The predicted molar refractivity (Wildman–Crippen MR) is 89.1 cm³/mol. The highest BCUT2D eigenvalue weighted by Gasteiger charge is 2.09. The van der Waals surface area contributed by atoms with Crippen LogP contribution >= 0.6 is 11.6 Å². The second-order valence-electron chi connectivity index (χ2n) is 4.93. The zero-order valence-electron chi connectivity index (χ0n) is 12.9. The number of benzene rings is 2. The fourth-order valence-electron chi connectivity index (χ4n) is 2.10. The first-order chi connectivity index (χ1) is 11.7. The Morgan fingerprint density at radius 2 is 2.00 bits per heavy atom. The fourth-order valence-corrected chi connectivity index (χ4v) is 2.29. The largest absolute Gasteiger partial charge is 0.484 e. The van der Waals surface area contributed by atoms with Gasteiger partial charge in [0.2, 0.25) is 5.89 Å². The van der Waals surface area contributed by atoms with Crippen molar-refractivity contribution in [2.75, 3.05) is 7.11 Å². The molecule has 24 heavy (non-hydrogen) atoms. The third-order valence-electron chi connectivity index (χ3n) is 3.30. The van der Waals surface area contributed by atoms with Crippen LogP contribution in [0.3, 0.4) is 0 Å². The van der Waals surface area contributed by atoms with E-state index in [4.69, 9.17) is 20.8 Å². The van der Waals surface area contributed by atoms with Crippen LogP contribution in [0.15, 0.2) is 59.1 Å². The summed E-state index contributed by atoms with van der Waals surface area (Å²) < 4.78 is 15.9. The molecule has 3 aromatic rings. The van der Waals surface area contributed by atoms with E-state index < -0.39 is 0 Å². The van der Waals surface area contributed by atoms with Gasteiger partial charge in [-0.3, -0.25) is 0 Å². The smallest absolute Gasteiger partial charge is 0.337 e. The summed E-state index contributed by atoms with van der Waals surface area (Å²) in [6.07, 6.45) is 1.63. The van der Waals surface area contributed by atoms with Crippen molar-refractivity contribution in [3.05, 3.63) is 71.2 Å². The maximum atomic E-state index is 11.4. The van der Waals surface area contributed by atoms with Crippen molar-refractivity contribution in [3.63, 3.8) is 0 Å². The van der Waals surface area contributed by atoms with Crippen molar-refractivity contribution in [1.29, 1.82) is 0 Å². The molecule has 0 fully saturated rings. The van der Waals surface area contributed by atoms with E-state index in [9.17, 15) is 4.79 Å². The van der Waals surface area contributed by atoms with Crippen molar-refractivity contribution in [1.82, 2.24) is 4.98 Å². The first-order valence-electron chi connectivity index (χ1n) is 7.17. The molecule has 0 radical (unpaired) electrons. The molecule has 6 heteroatoms. The third-order valence-corrected chi connectivity index (χ3v) is 3.54. The van der Waals surface area contributed by atoms with E-state index in [-0.39, 0.29) is 12.6 Å². The van der Waals surface area contributed by atoms with Gasteiger partial charge in [0.1, 0.15) is 5.75 Å². The molecule has 0 aliphatic heterocycles. The number of halogens is 1. The molecular weight excluding hydrogens is 330 g/mol. The van der Waals surface area contributed by atoms with Gasteiger partial charge in [-0.2, -0.15) is 0 Å². The summed E-state index contributed by atoms with van der Waals surface area (Å²) in [5.74, 6) is 1.28. The number of oxazole rings is 1. The average Bonchev–Trinajstić information content (AvgIpc) is 3.09. The van der Waals surface area contributed by atoms with Crippen molar-refractivity contribution in [3.8, 4) is 17.1 Å². The SMILES string of the molecule is COC(=O)c1ccc(OCc2ncc(-c3cccc(Cl)c3)o2)cc1. The highest BCUT2D eigenvalue weighted by molar-refractivity contribution is 6.30. The molecule has 0 saturated heterocycles. The number of esters is 1. The van der Waals surface area contributed by atoms with Crippen LogP contribution in [-0.4, -0.2) is 18.1 Å². The van der Waals surface area contributed by atoms with E-state index in [1.54, 1.807) is 42.6 Å². The molecule has 0 aliphatic carbocycles. The maximum Gasteiger partial charge on any atom is 0.337 e. The van der Waals surface area contributed by atoms with Gasteiger partial charge in [-0.1, -0.05) is 23.7 Å². The first kappa shape index (κ1) is 16.1. The fraction of sp³-hybridized carbons (Fsp3) is 0.111. The summed E-state index contributed by atoms with van der Waals surface area (Å²) in [4.78, 5) is 15.6. The molecule has 1 heterocycles. The summed E-state index contributed by atoms with van der Waals surface area (Å²) in [5, 5.41) is 0.632. The molecule has 0 bridgehead atoms. The van der Waals surface area contributed by atoms with Crippen molar-refractivity contribution < 1.29 is 18.7 Å².